The van der Waals surface area contributed by atoms with Gasteiger partial charge in [-0.05, 0) is 24.3 Å². The molecule has 3 rings (SSSR count). The molecule has 0 unspecified atom stereocenters. The van der Waals surface area contributed by atoms with Gasteiger partial charge in [0.25, 0.3) is 10.0 Å². The molecule has 0 atom stereocenters. The van der Waals surface area contributed by atoms with Crippen LogP contribution in [0.3, 0.4) is 0 Å². The first-order valence-corrected chi connectivity index (χ1v) is 8.18. The quantitative estimate of drug-likeness (QED) is 0.685. The number of nitrogens with one attached hydrogen (secondary N) is 2. The third kappa shape index (κ3) is 2.40. The van der Waals surface area contributed by atoms with E-state index in [1.54, 1.807) is 23.7 Å². The zero-order valence-corrected chi connectivity index (χ0v) is 12.0. The van der Waals surface area contributed by atoms with Crippen LogP contribution in [0.25, 0.3) is 10.2 Å². The molecule has 4 N–H and O–H groups in total. The molecule has 0 aliphatic rings. The summed E-state index contributed by atoms with van der Waals surface area (Å²) >= 11 is 1.46. The van der Waals surface area contributed by atoms with Crippen LogP contribution < -0.4 is 10.5 Å². The Bertz CT molecular complexity index is 851. The number of anilines is 1. The van der Waals surface area contributed by atoms with E-state index in [9.17, 15) is 8.42 Å². The predicted octanol–water partition coefficient (Wildman–Crippen LogP) is 1.88. The Labute approximate surface area is 119 Å². The summed E-state index contributed by atoms with van der Waals surface area (Å²) < 4.78 is 27.9. The lowest BCUT2D eigenvalue weighted by Crippen LogP contribution is -2.12. The lowest BCUT2D eigenvalue weighted by molar-refractivity contribution is 0.601. The number of aromatic nitrogens is 2. The highest BCUT2D eigenvalue weighted by molar-refractivity contribution is 7.92. The van der Waals surface area contributed by atoms with Crippen LogP contribution in [0.2, 0.25) is 0 Å². The molecule has 0 spiro atoms. The van der Waals surface area contributed by atoms with Gasteiger partial charge in [0.05, 0.1) is 21.4 Å². The molecule has 104 valence electrons. The maximum Gasteiger partial charge on any atom is 0.263 e. The van der Waals surface area contributed by atoms with Crippen molar-refractivity contribution in [1.82, 2.24) is 9.97 Å². The van der Waals surface area contributed by atoms with Crippen molar-refractivity contribution in [3.63, 3.8) is 0 Å². The number of nitrogens with two attached hydrogens (primary N) is 1. The normalized spacial score (nSPS) is 11.8. The summed E-state index contributed by atoms with van der Waals surface area (Å²) in [4.78, 5) is 7.14. The zero-order chi connectivity index (χ0) is 14.2. The van der Waals surface area contributed by atoms with Crippen LogP contribution in [0.4, 0.5) is 5.69 Å². The molecule has 0 saturated heterocycles. The van der Waals surface area contributed by atoms with Gasteiger partial charge in [-0.1, -0.05) is 0 Å². The van der Waals surface area contributed by atoms with Crippen LogP contribution in [-0.4, -0.2) is 18.4 Å². The fourth-order valence-electron chi connectivity index (χ4n) is 1.82. The van der Waals surface area contributed by atoms with Gasteiger partial charge in [-0.3, -0.25) is 4.72 Å². The summed E-state index contributed by atoms with van der Waals surface area (Å²) in [5.74, 6) is 0. The second-order valence-electron chi connectivity index (χ2n) is 4.21. The monoisotopic (exact) mass is 308 g/mol. The van der Waals surface area contributed by atoms with Crippen molar-refractivity contribution in [3.05, 3.63) is 41.7 Å². The Morgan fingerprint density at radius 3 is 2.95 bits per heavy atom. The largest absolute Gasteiger partial charge is 0.363 e. The number of hydrogen-bond acceptors (Lipinski definition) is 5. The second kappa shape index (κ2) is 4.89. The van der Waals surface area contributed by atoms with Gasteiger partial charge in [-0.15, -0.1) is 11.3 Å². The molecule has 8 heteroatoms. The smallest absolute Gasteiger partial charge is 0.263 e. The van der Waals surface area contributed by atoms with Gasteiger partial charge in [-0.25, -0.2) is 13.4 Å². The van der Waals surface area contributed by atoms with Crippen LogP contribution in [-0.2, 0) is 16.6 Å². The fraction of sp³-hybridized carbons (Fsp3) is 0.0833. The molecule has 2 heterocycles. The Morgan fingerprint density at radius 2 is 2.20 bits per heavy atom. The van der Waals surface area contributed by atoms with E-state index in [2.05, 4.69) is 14.7 Å². The standard InChI is InChI=1S/C12H12N4O2S2/c13-5-9-3-10(6-14-9)20(17,18)16-8-1-2-11-12(4-8)19-7-15-11/h1-4,6-7,14,16H,5,13H2. The number of fused-ring (bicyclic) bond motifs is 1. The molecule has 0 fully saturated rings. The second-order valence-corrected chi connectivity index (χ2v) is 6.77. The maximum absolute atomic E-state index is 12.2. The number of hydrogen-bond donors (Lipinski definition) is 3. The van der Waals surface area contributed by atoms with E-state index >= 15 is 0 Å². The summed E-state index contributed by atoms with van der Waals surface area (Å²) in [6, 6.07) is 6.76. The van der Waals surface area contributed by atoms with Gasteiger partial charge in [-0.2, -0.15) is 0 Å². The molecule has 2 aromatic heterocycles. The number of rotatable bonds is 4. The van der Waals surface area contributed by atoms with Gasteiger partial charge in [0.15, 0.2) is 0 Å². The highest BCUT2D eigenvalue weighted by atomic mass is 32.2. The molecule has 0 saturated carbocycles. The highest BCUT2D eigenvalue weighted by Crippen LogP contribution is 2.24. The Morgan fingerprint density at radius 1 is 1.35 bits per heavy atom. The van der Waals surface area contributed by atoms with E-state index in [0.29, 0.717) is 11.4 Å². The third-order valence-electron chi connectivity index (χ3n) is 2.83. The summed E-state index contributed by atoms with van der Waals surface area (Å²) in [6.07, 6.45) is 1.43. The van der Waals surface area contributed by atoms with Crippen LogP contribution in [0.15, 0.2) is 40.9 Å². The molecule has 0 bridgehead atoms. The first kappa shape index (κ1) is 13.1. The number of H-pyrrole nitrogens is 1. The zero-order valence-electron chi connectivity index (χ0n) is 10.3. The third-order valence-corrected chi connectivity index (χ3v) is 4.98. The van der Waals surface area contributed by atoms with Gasteiger partial charge in [0, 0.05) is 18.4 Å². The Kier molecular flexibility index (Phi) is 3.20. The van der Waals surface area contributed by atoms with Gasteiger partial charge in [0.1, 0.15) is 4.90 Å². The van der Waals surface area contributed by atoms with Gasteiger partial charge in [0.2, 0.25) is 0 Å². The molecule has 0 radical (unpaired) electrons. The summed E-state index contributed by atoms with van der Waals surface area (Å²) in [5.41, 5.74) is 9.22. The van der Waals surface area contributed by atoms with E-state index in [1.807, 2.05) is 0 Å². The van der Waals surface area contributed by atoms with Crippen LogP contribution >= 0.6 is 11.3 Å². The van der Waals surface area contributed by atoms with Crippen LogP contribution in [0, 0.1) is 0 Å². The van der Waals surface area contributed by atoms with Crippen molar-refractivity contribution in [2.75, 3.05) is 4.72 Å². The Balaban J connectivity index is 1.92. The minimum absolute atomic E-state index is 0.169. The minimum atomic E-state index is -3.61. The van der Waals surface area contributed by atoms with Crippen molar-refractivity contribution in [1.29, 1.82) is 0 Å². The number of benzene rings is 1. The first-order valence-electron chi connectivity index (χ1n) is 5.82. The summed E-state index contributed by atoms with van der Waals surface area (Å²) in [5, 5.41) is 0. The van der Waals surface area contributed by atoms with Crippen molar-refractivity contribution in [3.8, 4) is 0 Å². The SMILES string of the molecule is NCc1cc(S(=O)(=O)Nc2ccc3ncsc3c2)c[nH]1. The maximum atomic E-state index is 12.2. The number of thiazole rings is 1. The average Bonchev–Trinajstić information content (AvgIpc) is 3.06. The summed E-state index contributed by atoms with van der Waals surface area (Å²) in [7, 11) is -3.61. The molecule has 1 aromatic carbocycles. The van der Waals surface area contributed by atoms with E-state index in [0.717, 1.165) is 10.2 Å². The summed E-state index contributed by atoms with van der Waals surface area (Å²) in [6.45, 7) is 0.266. The van der Waals surface area contributed by atoms with Crippen molar-refractivity contribution in [2.24, 2.45) is 5.73 Å². The van der Waals surface area contributed by atoms with E-state index in [1.165, 1.54) is 23.6 Å². The fourth-order valence-corrected chi connectivity index (χ4v) is 3.61. The molecular formula is C12H12N4O2S2. The number of nitrogens with zero attached hydrogens (tertiary/aromatic N) is 1. The average molecular weight is 308 g/mol. The van der Waals surface area contributed by atoms with Gasteiger partial charge >= 0.3 is 0 Å². The van der Waals surface area contributed by atoms with E-state index in [-0.39, 0.29) is 11.4 Å². The van der Waals surface area contributed by atoms with Gasteiger partial charge < -0.3 is 10.7 Å². The number of aromatic amines is 1. The topological polar surface area (TPSA) is 101 Å². The van der Waals surface area contributed by atoms with Crippen molar-refractivity contribution >= 4 is 37.3 Å². The molecule has 3 aromatic rings. The molecular weight excluding hydrogens is 296 g/mol. The molecule has 6 nitrogen and oxygen atoms in total. The minimum Gasteiger partial charge on any atom is -0.363 e. The van der Waals surface area contributed by atoms with E-state index < -0.39 is 10.0 Å². The van der Waals surface area contributed by atoms with E-state index in [4.69, 9.17) is 5.73 Å². The first-order chi connectivity index (χ1) is 9.58. The lowest BCUT2D eigenvalue weighted by Gasteiger charge is -2.06. The highest BCUT2D eigenvalue weighted by Gasteiger charge is 2.16. The van der Waals surface area contributed by atoms with Crippen molar-refractivity contribution in [2.45, 2.75) is 11.4 Å². The molecule has 0 aliphatic heterocycles. The predicted molar refractivity (Wildman–Crippen MR) is 79.1 cm³/mol. The van der Waals surface area contributed by atoms with Crippen molar-refractivity contribution < 1.29 is 8.42 Å². The molecule has 0 amide bonds. The molecule has 20 heavy (non-hydrogen) atoms. The molecule has 0 aliphatic carbocycles. The Hall–Kier alpha value is -1.90. The number of sulfonamides is 1. The van der Waals surface area contributed by atoms with Crippen LogP contribution in [0.1, 0.15) is 5.69 Å². The lowest BCUT2D eigenvalue weighted by atomic mass is 10.3. The van der Waals surface area contributed by atoms with Crippen LogP contribution in [0.5, 0.6) is 0 Å².